The average molecular weight is 538 g/mol. The van der Waals surface area contributed by atoms with E-state index in [0.717, 1.165) is 19.3 Å². The molecule has 9 nitrogen and oxygen atoms in total. The number of carboxylic acid groups (broad SMARTS) is 2. The topological polar surface area (TPSA) is 159 Å². The molecule has 0 aromatic heterocycles. The number of carbonyl (C=O) groups is 4. The molecule has 192 valence electrons. The Morgan fingerprint density at radius 2 is 1.79 bits per heavy atom. The normalized spacial score (nSPS) is 17.3. The second-order valence-electron chi connectivity index (χ2n) is 7.06. The maximum absolute atomic E-state index is 12.1. The first kappa shape index (κ1) is 31.7. The zero-order chi connectivity index (χ0) is 25.4. The van der Waals surface area contributed by atoms with Crippen molar-refractivity contribution in [3.05, 3.63) is 0 Å². The predicted molar refractivity (Wildman–Crippen MR) is 124 cm³/mol. The van der Waals surface area contributed by atoms with Crippen LogP contribution in [0.15, 0.2) is 0 Å². The van der Waals surface area contributed by atoms with Gasteiger partial charge in [-0.3, -0.25) is 14.4 Å². The first-order chi connectivity index (χ1) is 15.4. The number of aliphatic carboxylic acids is 2. The number of hydrogen-bond donors (Lipinski definition) is 6. The first-order valence-corrected chi connectivity index (χ1v) is 13.1. The number of carbonyl (C=O) groups excluding carboxylic acids is 2. The first-order valence-electron chi connectivity index (χ1n) is 10.1. The highest BCUT2D eigenvalue weighted by Gasteiger charge is 2.38. The zero-order valence-electron chi connectivity index (χ0n) is 17.8. The summed E-state index contributed by atoms with van der Waals surface area (Å²) in [5.74, 6) is -2.83. The highest BCUT2D eigenvalue weighted by Crippen LogP contribution is 2.39. The van der Waals surface area contributed by atoms with Gasteiger partial charge in [-0.2, -0.15) is 25.8 Å². The lowest BCUT2D eigenvalue weighted by molar-refractivity contribution is -0.192. The third-order valence-electron chi connectivity index (χ3n) is 4.29. The van der Waals surface area contributed by atoms with Crippen molar-refractivity contribution in [3.63, 3.8) is 0 Å². The van der Waals surface area contributed by atoms with Gasteiger partial charge in [-0.25, -0.2) is 4.79 Å². The van der Waals surface area contributed by atoms with Crippen molar-refractivity contribution in [1.82, 2.24) is 10.6 Å². The third kappa shape index (κ3) is 16.0. The van der Waals surface area contributed by atoms with Gasteiger partial charge >= 0.3 is 18.1 Å². The highest BCUT2D eigenvalue weighted by molar-refractivity contribution is 8.77. The minimum absolute atomic E-state index is 0.138. The molecule has 3 atom stereocenters. The monoisotopic (exact) mass is 537 g/mol. The smallest absolute Gasteiger partial charge is 0.480 e. The van der Waals surface area contributed by atoms with Crippen molar-refractivity contribution >= 4 is 58.0 Å². The number of alkyl halides is 3. The summed E-state index contributed by atoms with van der Waals surface area (Å²) in [5.41, 5.74) is 5.40. The van der Waals surface area contributed by atoms with E-state index in [0.29, 0.717) is 24.6 Å². The molecule has 0 bridgehead atoms. The number of nitrogens with two attached hydrogens (primary N) is 1. The second kappa shape index (κ2) is 17.2. The Morgan fingerprint density at radius 3 is 2.27 bits per heavy atom. The number of carboxylic acids is 2. The fraction of sp³-hybridized carbons (Fsp3) is 0.778. The fourth-order valence-electron chi connectivity index (χ4n) is 2.46. The van der Waals surface area contributed by atoms with E-state index in [1.54, 1.807) is 0 Å². The maximum atomic E-state index is 12.1. The van der Waals surface area contributed by atoms with Gasteiger partial charge in [0.2, 0.25) is 11.8 Å². The molecule has 0 saturated carbocycles. The van der Waals surface area contributed by atoms with Crippen molar-refractivity contribution in [1.29, 1.82) is 0 Å². The number of unbranched alkanes of at least 4 members (excludes halogenated alkanes) is 1. The lowest BCUT2D eigenvalue weighted by Crippen LogP contribution is -2.48. The van der Waals surface area contributed by atoms with Gasteiger partial charge in [-0.15, -0.1) is 0 Å². The minimum Gasteiger partial charge on any atom is -0.480 e. The summed E-state index contributed by atoms with van der Waals surface area (Å²) in [6.45, 7) is 0.316. The summed E-state index contributed by atoms with van der Waals surface area (Å²) in [7, 11) is 3.87. The summed E-state index contributed by atoms with van der Waals surface area (Å²) < 4.78 is 31.7. The van der Waals surface area contributed by atoms with Crippen LogP contribution in [0.1, 0.15) is 44.9 Å². The predicted octanol–water partition coefficient (Wildman–Crippen LogP) is 2.06. The lowest BCUT2D eigenvalue weighted by atomic mass is 10.1. The number of amides is 2. The molecular weight excluding hydrogens is 507 g/mol. The number of thiol groups is 1. The van der Waals surface area contributed by atoms with Gasteiger partial charge in [-0.05, 0) is 32.1 Å². The Hall–Kier alpha value is -1.32. The average Bonchev–Trinajstić information content (AvgIpc) is 3.25. The summed E-state index contributed by atoms with van der Waals surface area (Å²) in [5, 5.41) is 21.9. The largest absolute Gasteiger partial charge is 0.490 e. The number of rotatable bonds is 13. The Bertz CT molecular complexity index is 637. The van der Waals surface area contributed by atoms with E-state index in [1.165, 1.54) is 12.2 Å². The standard InChI is InChI=1S/C16H29N3O4S3.C2HF3O2/c17-12(16(22)23)5-3-8-18-15(21)13(10-24)19-14(20)6-2-1-4-11-7-9-25-26-11;3-2(4,5)1(6)7/h11-13,24H,1-10,17H2,(H,18,21)(H,19,20)(H,22,23);(H,6,7). The van der Waals surface area contributed by atoms with Crippen LogP contribution in [-0.4, -0.2) is 75.5 Å². The summed E-state index contributed by atoms with van der Waals surface area (Å²) >= 11 is 4.12. The van der Waals surface area contributed by atoms with E-state index in [2.05, 4.69) is 23.3 Å². The van der Waals surface area contributed by atoms with Crippen molar-refractivity contribution in [2.24, 2.45) is 5.73 Å². The molecule has 0 aliphatic carbocycles. The van der Waals surface area contributed by atoms with E-state index in [-0.39, 0.29) is 24.0 Å². The van der Waals surface area contributed by atoms with Crippen LogP contribution in [0.5, 0.6) is 0 Å². The summed E-state index contributed by atoms with van der Waals surface area (Å²) in [4.78, 5) is 43.6. The molecule has 0 aromatic rings. The molecule has 33 heavy (non-hydrogen) atoms. The van der Waals surface area contributed by atoms with Gasteiger partial charge in [-0.1, -0.05) is 28.0 Å². The number of hydrogen-bond acceptors (Lipinski definition) is 8. The molecule has 15 heteroatoms. The van der Waals surface area contributed by atoms with Crippen LogP contribution in [-0.2, 0) is 19.2 Å². The molecule has 1 fully saturated rings. The van der Waals surface area contributed by atoms with Crippen molar-refractivity contribution < 1.29 is 42.6 Å². The Balaban J connectivity index is 0.00000126. The number of halogens is 3. The van der Waals surface area contributed by atoms with Crippen LogP contribution >= 0.6 is 34.2 Å². The summed E-state index contributed by atoms with van der Waals surface area (Å²) in [6, 6.07) is -1.60. The van der Waals surface area contributed by atoms with Crippen LogP contribution in [0.2, 0.25) is 0 Å². The molecule has 1 rings (SSSR count). The maximum Gasteiger partial charge on any atom is 0.490 e. The van der Waals surface area contributed by atoms with Crippen molar-refractivity contribution in [2.45, 2.75) is 68.5 Å². The quantitative estimate of drug-likeness (QED) is 0.117. The van der Waals surface area contributed by atoms with Gasteiger partial charge in [0.1, 0.15) is 12.1 Å². The highest BCUT2D eigenvalue weighted by atomic mass is 33.1. The zero-order valence-corrected chi connectivity index (χ0v) is 20.3. The van der Waals surface area contributed by atoms with Gasteiger partial charge in [0, 0.05) is 29.7 Å². The van der Waals surface area contributed by atoms with E-state index < -0.39 is 30.2 Å². The van der Waals surface area contributed by atoms with Crippen LogP contribution in [0, 0.1) is 0 Å². The lowest BCUT2D eigenvalue weighted by Gasteiger charge is -2.17. The Morgan fingerprint density at radius 1 is 1.15 bits per heavy atom. The SMILES string of the molecule is NC(CCCNC(=O)C(CS)NC(=O)CCCCC1CCSS1)C(=O)O.O=C(O)C(F)(F)F. The fourth-order valence-corrected chi connectivity index (χ4v) is 5.75. The molecule has 3 unspecified atom stereocenters. The van der Waals surface area contributed by atoms with Crippen LogP contribution in [0.25, 0.3) is 0 Å². The van der Waals surface area contributed by atoms with Gasteiger partial charge < -0.3 is 26.6 Å². The molecule has 1 aliphatic heterocycles. The van der Waals surface area contributed by atoms with Crippen LogP contribution in [0.3, 0.4) is 0 Å². The Kier molecular flexibility index (Phi) is 16.5. The second-order valence-corrected chi connectivity index (χ2v) is 10.2. The van der Waals surface area contributed by atoms with Crippen LogP contribution in [0.4, 0.5) is 13.2 Å². The molecule has 0 spiro atoms. The number of nitrogens with one attached hydrogen (secondary N) is 2. The van der Waals surface area contributed by atoms with Crippen LogP contribution < -0.4 is 16.4 Å². The molecule has 1 aliphatic rings. The molecule has 6 N–H and O–H groups in total. The van der Waals surface area contributed by atoms with Gasteiger partial charge in [0.15, 0.2) is 0 Å². The van der Waals surface area contributed by atoms with Crippen molar-refractivity contribution in [3.8, 4) is 0 Å². The molecule has 1 saturated heterocycles. The van der Waals surface area contributed by atoms with E-state index in [9.17, 15) is 27.6 Å². The van der Waals surface area contributed by atoms with E-state index >= 15 is 0 Å². The van der Waals surface area contributed by atoms with Gasteiger partial charge in [0.05, 0.1) is 0 Å². The summed E-state index contributed by atoms with van der Waals surface area (Å²) in [6.07, 6.45) is 0.306. The Labute approximate surface area is 203 Å². The van der Waals surface area contributed by atoms with Gasteiger partial charge in [0.25, 0.3) is 0 Å². The van der Waals surface area contributed by atoms with E-state index in [1.807, 2.05) is 21.6 Å². The molecule has 0 radical (unpaired) electrons. The minimum atomic E-state index is -5.08. The molecule has 0 aromatic carbocycles. The van der Waals surface area contributed by atoms with Crippen molar-refractivity contribution in [2.75, 3.05) is 18.1 Å². The molecule has 2 amide bonds. The third-order valence-corrected chi connectivity index (χ3v) is 7.66. The molecule has 1 heterocycles. The van der Waals surface area contributed by atoms with E-state index in [4.69, 9.17) is 20.7 Å². The molecular formula is C18H30F3N3O6S3.